The van der Waals surface area contributed by atoms with Crippen molar-refractivity contribution in [2.75, 3.05) is 13.2 Å². The third-order valence-corrected chi connectivity index (χ3v) is 9.71. The molecular formula is C24H36O4. The summed E-state index contributed by atoms with van der Waals surface area (Å²) in [4.78, 5) is 11.5. The van der Waals surface area contributed by atoms with E-state index in [0.717, 1.165) is 51.2 Å². The lowest BCUT2D eigenvalue weighted by Gasteiger charge is -2.62. The Morgan fingerprint density at radius 3 is 2.50 bits per heavy atom. The van der Waals surface area contributed by atoms with E-state index in [1.54, 1.807) is 0 Å². The summed E-state index contributed by atoms with van der Waals surface area (Å²) in [5.41, 5.74) is 1.84. The zero-order valence-electron chi connectivity index (χ0n) is 17.8. The molecule has 4 nitrogen and oxygen atoms in total. The van der Waals surface area contributed by atoms with E-state index >= 15 is 0 Å². The number of fused-ring (bicyclic) bond motifs is 6. The fourth-order valence-corrected chi connectivity index (χ4v) is 8.44. The maximum atomic E-state index is 11.5. The molecule has 5 fully saturated rings. The predicted octanol–water partition coefficient (Wildman–Crippen LogP) is 4.87. The molecule has 0 N–H and O–H groups in total. The van der Waals surface area contributed by atoms with Gasteiger partial charge in [-0.05, 0) is 74.0 Å². The van der Waals surface area contributed by atoms with Crippen molar-refractivity contribution in [2.24, 2.45) is 34.5 Å². The molecule has 1 saturated heterocycles. The lowest BCUT2D eigenvalue weighted by Crippen LogP contribution is -2.57. The monoisotopic (exact) mass is 388 g/mol. The summed E-state index contributed by atoms with van der Waals surface area (Å²) in [6, 6.07) is 0. The highest BCUT2D eigenvalue weighted by atomic mass is 16.7. The number of esters is 1. The molecule has 4 aliphatic carbocycles. The van der Waals surface area contributed by atoms with Crippen LogP contribution >= 0.6 is 0 Å². The normalized spacial score (nSPS) is 49.4. The fourth-order valence-electron chi connectivity index (χ4n) is 8.44. The third kappa shape index (κ3) is 2.46. The Kier molecular flexibility index (Phi) is 4.31. The van der Waals surface area contributed by atoms with Gasteiger partial charge in [0, 0.05) is 18.8 Å². The van der Waals surface area contributed by atoms with Crippen molar-refractivity contribution in [2.45, 2.75) is 84.0 Å². The van der Waals surface area contributed by atoms with Crippen LogP contribution in [-0.2, 0) is 19.0 Å². The topological polar surface area (TPSA) is 44.8 Å². The standard InChI is InChI=1S/C24H36O4/c1-15-13-18-19(22(3)8-5-17(14-21(15)22)28-16(2)25)6-9-23(4)20(18)7-10-24(23)26-11-12-27-24/h17-21H,1,5-14H2,2-4H3/t17-,18+,19-,20-,21+,22+,23-/m0/s1. The molecule has 4 heteroatoms. The molecule has 4 saturated carbocycles. The van der Waals surface area contributed by atoms with Crippen molar-refractivity contribution in [3.63, 3.8) is 0 Å². The van der Waals surface area contributed by atoms with Crippen molar-refractivity contribution < 1.29 is 19.0 Å². The number of ether oxygens (including phenoxy) is 3. The van der Waals surface area contributed by atoms with Crippen molar-refractivity contribution in [1.82, 2.24) is 0 Å². The number of carbonyl (C=O) groups is 1. The van der Waals surface area contributed by atoms with E-state index in [1.807, 2.05) is 0 Å². The fraction of sp³-hybridized carbons (Fsp3) is 0.875. The average molecular weight is 389 g/mol. The molecule has 5 aliphatic rings. The zero-order valence-corrected chi connectivity index (χ0v) is 17.8. The van der Waals surface area contributed by atoms with E-state index in [-0.39, 0.29) is 23.3 Å². The van der Waals surface area contributed by atoms with Crippen LogP contribution in [0, 0.1) is 34.5 Å². The van der Waals surface area contributed by atoms with Gasteiger partial charge in [-0.25, -0.2) is 0 Å². The number of hydrogen-bond acceptors (Lipinski definition) is 4. The SMILES string of the molecule is C=C1C[C@@H]2[C@H](CC[C@@]3(C)[C@H]2CCC32OCCO2)[C@@]2(C)CC[C@H](OC(C)=O)C[C@H]12. The van der Waals surface area contributed by atoms with Crippen LogP contribution in [0.5, 0.6) is 0 Å². The first-order valence-corrected chi connectivity index (χ1v) is 11.4. The van der Waals surface area contributed by atoms with Crippen LogP contribution in [0.15, 0.2) is 12.2 Å². The lowest BCUT2D eigenvalue weighted by atomic mass is 9.44. The Hall–Kier alpha value is -0.870. The third-order valence-electron chi connectivity index (χ3n) is 9.71. The predicted molar refractivity (Wildman–Crippen MR) is 106 cm³/mol. The van der Waals surface area contributed by atoms with Gasteiger partial charge in [-0.3, -0.25) is 4.79 Å². The van der Waals surface area contributed by atoms with Gasteiger partial charge in [0.1, 0.15) is 6.10 Å². The smallest absolute Gasteiger partial charge is 0.302 e. The molecule has 156 valence electrons. The van der Waals surface area contributed by atoms with Crippen molar-refractivity contribution in [1.29, 1.82) is 0 Å². The minimum atomic E-state index is -0.325. The summed E-state index contributed by atoms with van der Waals surface area (Å²) in [6.07, 6.45) is 9.09. The highest BCUT2D eigenvalue weighted by molar-refractivity contribution is 5.66. The highest BCUT2D eigenvalue weighted by Crippen LogP contribution is 2.70. The molecule has 28 heavy (non-hydrogen) atoms. The quantitative estimate of drug-likeness (QED) is 0.475. The Morgan fingerprint density at radius 2 is 1.79 bits per heavy atom. The van der Waals surface area contributed by atoms with Crippen LogP contribution in [0.3, 0.4) is 0 Å². The van der Waals surface area contributed by atoms with E-state index in [4.69, 9.17) is 14.2 Å². The van der Waals surface area contributed by atoms with E-state index < -0.39 is 0 Å². The van der Waals surface area contributed by atoms with E-state index in [0.29, 0.717) is 23.2 Å². The van der Waals surface area contributed by atoms with Gasteiger partial charge in [0.25, 0.3) is 0 Å². The second-order valence-electron chi connectivity index (χ2n) is 10.7. The van der Waals surface area contributed by atoms with Gasteiger partial charge < -0.3 is 14.2 Å². The van der Waals surface area contributed by atoms with Crippen LogP contribution in [0.25, 0.3) is 0 Å². The van der Waals surface area contributed by atoms with Crippen molar-refractivity contribution >= 4 is 5.97 Å². The van der Waals surface area contributed by atoms with Gasteiger partial charge in [0.05, 0.1) is 13.2 Å². The number of rotatable bonds is 1. The summed E-state index contributed by atoms with van der Waals surface area (Å²) in [5, 5.41) is 0. The van der Waals surface area contributed by atoms with Crippen LogP contribution in [0.1, 0.15) is 72.1 Å². The molecule has 1 heterocycles. The molecule has 0 aromatic carbocycles. The summed E-state index contributed by atoms with van der Waals surface area (Å²) in [6.45, 7) is 12.6. The van der Waals surface area contributed by atoms with E-state index in [9.17, 15) is 4.79 Å². The van der Waals surface area contributed by atoms with Crippen LogP contribution in [-0.4, -0.2) is 31.1 Å². The molecule has 1 aliphatic heterocycles. The van der Waals surface area contributed by atoms with Gasteiger partial charge >= 0.3 is 5.97 Å². The minimum Gasteiger partial charge on any atom is -0.463 e. The molecule has 0 radical (unpaired) electrons. The Morgan fingerprint density at radius 1 is 1.07 bits per heavy atom. The van der Waals surface area contributed by atoms with Gasteiger partial charge in [-0.2, -0.15) is 0 Å². The number of carbonyl (C=O) groups excluding carboxylic acids is 1. The molecule has 5 rings (SSSR count). The first-order valence-electron chi connectivity index (χ1n) is 11.4. The van der Waals surface area contributed by atoms with Gasteiger partial charge in [-0.15, -0.1) is 0 Å². The molecule has 0 bridgehead atoms. The van der Waals surface area contributed by atoms with E-state index in [1.165, 1.54) is 31.8 Å². The lowest BCUT2D eigenvalue weighted by molar-refractivity contribution is -0.245. The average Bonchev–Trinajstić information content (AvgIpc) is 3.23. The number of hydrogen-bond donors (Lipinski definition) is 0. The summed E-state index contributed by atoms with van der Waals surface area (Å²) in [7, 11) is 0. The number of allylic oxidation sites excluding steroid dienone is 1. The second-order valence-corrected chi connectivity index (χ2v) is 10.7. The van der Waals surface area contributed by atoms with Gasteiger partial charge in [0.15, 0.2) is 5.79 Å². The second kappa shape index (κ2) is 6.31. The van der Waals surface area contributed by atoms with Gasteiger partial charge in [0.2, 0.25) is 0 Å². The van der Waals surface area contributed by atoms with Crippen LogP contribution in [0.4, 0.5) is 0 Å². The first-order chi connectivity index (χ1) is 13.3. The Labute approximate surface area is 169 Å². The highest BCUT2D eigenvalue weighted by Gasteiger charge is 2.67. The largest absolute Gasteiger partial charge is 0.463 e. The summed E-state index contributed by atoms with van der Waals surface area (Å²) >= 11 is 0. The maximum Gasteiger partial charge on any atom is 0.302 e. The molecule has 7 atom stereocenters. The molecular weight excluding hydrogens is 352 g/mol. The molecule has 1 spiro atoms. The summed E-state index contributed by atoms with van der Waals surface area (Å²) in [5.74, 6) is 2.14. The van der Waals surface area contributed by atoms with E-state index in [2.05, 4.69) is 20.4 Å². The first kappa shape index (κ1) is 19.1. The molecule has 0 amide bonds. The molecule has 0 aromatic heterocycles. The van der Waals surface area contributed by atoms with Crippen molar-refractivity contribution in [3.8, 4) is 0 Å². The Balaban J connectivity index is 1.42. The maximum absolute atomic E-state index is 11.5. The zero-order chi connectivity index (χ0) is 19.7. The minimum absolute atomic E-state index is 0.0766. The van der Waals surface area contributed by atoms with Crippen LogP contribution < -0.4 is 0 Å². The molecule has 0 unspecified atom stereocenters. The Bertz CT molecular complexity index is 680. The van der Waals surface area contributed by atoms with Crippen molar-refractivity contribution in [3.05, 3.63) is 12.2 Å². The molecule has 0 aromatic rings. The van der Waals surface area contributed by atoms with Crippen LogP contribution in [0.2, 0.25) is 0 Å². The van der Waals surface area contributed by atoms with Gasteiger partial charge in [-0.1, -0.05) is 26.0 Å². The summed E-state index contributed by atoms with van der Waals surface area (Å²) < 4.78 is 18.1.